The van der Waals surface area contributed by atoms with Crippen molar-refractivity contribution >= 4 is 23.5 Å². The van der Waals surface area contributed by atoms with Gasteiger partial charge in [0.2, 0.25) is 5.95 Å². The Morgan fingerprint density at radius 1 is 1.13 bits per heavy atom. The zero-order valence-corrected chi connectivity index (χ0v) is 9.46. The topological polar surface area (TPSA) is 77.8 Å². The third-order valence-corrected chi connectivity index (χ3v) is 3.83. The number of thioether (sulfide) groups is 1. The zero-order valence-electron chi connectivity index (χ0n) is 8.65. The third kappa shape index (κ3) is 2.99. The summed E-state index contributed by atoms with van der Waals surface area (Å²) >= 11 is 1.78. The fourth-order valence-corrected chi connectivity index (χ4v) is 3.12. The predicted molar refractivity (Wildman–Crippen MR) is 63.6 cm³/mol. The lowest BCUT2D eigenvalue weighted by molar-refractivity contribution is 0.516. The van der Waals surface area contributed by atoms with E-state index in [-0.39, 0.29) is 5.95 Å². The fourth-order valence-electron chi connectivity index (χ4n) is 1.88. The Morgan fingerprint density at radius 2 is 1.87 bits per heavy atom. The maximum absolute atomic E-state index is 5.62. The summed E-state index contributed by atoms with van der Waals surface area (Å²) in [5, 5.41) is 1.58. The Balaban J connectivity index is 2.02. The summed E-state index contributed by atoms with van der Waals surface area (Å²) in [5.41, 5.74) is 11.2. The lowest BCUT2D eigenvalue weighted by Crippen LogP contribution is -2.09. The van der Waals surface area contributed by atoms with Gasteiger partial charge < -0.3 is 11.5 Å². The number of hydrogen-bond donors (Lipinski definition) is 2. The van der Waals surface area contributed by atoms with Crippen LogP contribution in [0.3, 0.4) is 0 Å². The van der Waals surface area contributed by atoms with E-state index in [1.54, 1.807) is 17.8 Å². The first kappa shape index (κ1) is 10.5. The van der Waals surface area contributed by atoms with Crippen LogP contribution in [-0.2, 0) is 0 Å². The van der Waals surface area contributed by atoms with Crippen molar-refractivity contribution in [2.24, 2.45) is 0 Å². The highest BCUT2D eigenvalue weighted by Gasteiger charge is 2.15. The van der Waals surface area contributed by atoms with E-state index >= 15 is 0 Å². The normalized spacial score (nSPS) is 17.9. The average Bonchev–Trinajstić information content (AvgIpc) is 2.17. The van der Waals surface area contributed by atoms with Crippen LogP contribution in [0.1, 0.15) is 32.1 Å². The van der Waals surface area contributed by atoms with Gasteiger partial charge in [-0.3, -0.25) is 0 Å². The molecule has 1 aliphatic rings. The maximum Gasteiger partial charge on any atom is 0.223 e. The van der Waals surface area contributed by atoms with E-state index in [1.807, 2.05) is 0 Å². The second-order valence-electron chi connectivity index (χ2n) is 3.87. The van der Waals surface area contributed by atoms with Crippen LogP contribution < -0.4 is 11.5 Å². The molecule has 1 fully saturated rings. The van der Waals surface area contributed by atoms with Gasteiger partial charge in [-0.05, 0) is 12.8 Å². The van der Waals surface area contributed by atoms with E-state index in [2.05, 4.69) is 9.97 Å². The molecule has 4 N–H and O–H groups in total. The zero-order chi connectivity index (χ0) is 10.7. The molecule has 1 aromatic heterocycles. The lowest BCUT2D eigenvalue weighted by Gasteiger charge is -2.20. The first-order chi connectivity index (χ1) is 7.24. The first-order valence-corrected chi connectivity index (χ1v) is 6.19. The molecule has 0 atom stereocenters. The van der Waals surface area contributed by atoms with Crippen LogP contribution in [0.15, 0.2) is 11.1 Å². The average molecular weight is 224 g/mol. The molecular weight excluding hydrogens is 208 g/mol. The van der Waals surface area contributed by atoms with Gasteiger partial charge in [0.1, 0.15) is 10.8 Å². The Kier molecular flexibility index (Phi) is 3.30. The number of hydrogen-bond acceptors (Lipinski definition) is 5. The van der Waals surface area contributed by atoms with Crippen molar-refractivity contribution in [2.45, 2.75) is 42.4 Å². The molecule has 1 aromatic rings. The summed E-state index contributed by atoms with van der Waals surface area (Å²) in [6.07, 6.45) is 6.56. The van der Waals surface area contributed by atoms with Gasteiger partial charge in [0.05, 0.1) is 0 Å². The monoisotopic (exact) mass is 224 g/mol. The number of anilines is 2. The highest BCUT2D eigenvalue weighted by Crippen LogP contribution is 2.33. The molecule has 2 rings (SSSR count). The Bertz CT molecular complexity index is 316. The molecule has 0 aliphatic heterocycles. The molecule has 0 spiro atoms. The smallest absolute Gasteiger partial charge is 0.223 e. The van der Waals surface area contributed by atoms with Crippen molar-refractivity contribution in [3.63, 3.8) is 0 Å². The molecule has 0 bridgehead atoms. The molecule has 5 heteroatoms. The molecule has 4 nitrogen and oxygen atoms in total. The van der Waals surface area contributed by atoms with Crippen molar-refractivity contribution < 1.29 is 0 Å². The van der Waals surface area contributed by atoms with Crippen molar-refractivity contribution in [1.29, 1.82) is 0 Å². The minimum atomic E-state index is 0.272. The number of nitrogen functional groups attached to an aromatic ring is 2. The molecule has 15 heavy (non-hydrogen) atoms. The van der Waals surface area contributed by atoms with Crippen LogP contribution in [0.4, 0.5) is 11.8 Å². The summed E-state index contributed by atoms with van der Waals surface area (Å²) in [6.45, 7) is 0. The van der Waals surface area contributed by atoms with Gasteiger partial charge in [0.25, 0.3) is 0 Å². The van der Waals surface area contributed by atoms with Gasteiger partial charge in [-0.25, -0.2) is 4.98 Å². The summed E-state index contributed by atoms with van der Waals surface area (Å²) < 4.78 is 0. The van der Waals surface area contributed by atoms with Gasteiger partial charge in [0, 0.05) is 11.3 Å². The molecule has 0 radical (unpaired) electrons. The minimum Gasteiger partial charge on any atom is -0.383 e. The van der Waals surface area contributed by atoms with Crippen molar-refractivity contribution in [2.75, 3.05) is 11.5 Å². The van der Waals surface area contributed by atoms with Crippen molar-refractivity contribution in [3.05, 3.63) is 6.07 Å². The van der Waals surface area contributed by atoms with E-state index in [1.165, 1.54) is 32.1 Å². The molecule has 1 saturated carbocycles. The number of nitrogens with two attached hydrogens (primary N) is 2. The predicted octanol–water partition coefficient (Wildman–Crippen LogP) is 2.07. The van der Waals surface area contributed by atoms with E-state index in [9.17, 15) is 0 Å². The van der Waals surface area contributed by atoms with Gasteiger partial charge in [-0.1, -0.05) is 19.3 Å². The number of nitrogens with zero attached hydrogens (tertiary/aromatic N) is 2. The molecule has 0 unspecified atom stereocenters. The maximum atomic E-state index is 5.62. The quantitative estimate of drug-likeness (QED) is 0.752. The Hall–Kier alpha value is -0.970. The molecule has 1 heterocycles. The van der Waals surface area contributed by atoms with Crippen LogP contribution in [-0.4, -0.2) is 15.2 Å². The second-order valence-corrected chi connectivity index (χ2v) is 5.19. The number of rotatable bonds is 2. The largest absolute Gasteiger partial charge is 0.383 e. The summed E-state index contributed by atoms with van der Waals surface area (Å²) in [5.74, 6) is 0.731. The Morgan fingerprint density at radius 3 is 2.53 bits per heavy atom. The molecule has 0 aromatic carbocycles. The van der Waals surface area contributed by atoms with E-state index in [0.29, 0.717) is 11.1 Å². The second kappa shape index (κ2) is 4.70. The van der Waals surface area contributed by atoms with Crippen LogP contribution in [0.5, 0.6) is 0 Å². The van der Waals surface area contributed by atoms with Gasteiger partial charge >= 0.3 is 0 Å². The van der Waals surface area contributed by atoms with Crippen LogP contribution in [0.2, 0.25) is 0 Å². The molecule has 0 saturated heterocycles. The highest BCUT2D eigenvalue weighted by atomic mass is 32.2. The van der Waals surface area contributed by atoms with E-state index < -0.39 is 0 Å². The van der Waals surface area contributed by atoms with Crippen molar-refractivity contribution in [1.82, 2.24) is 9.97 Å². The van der Waals surface area contributed by atoms with Gasteiger partial charge in [0.15, 0.2) is 0 Å². The minimum absolute atomic E-state index is 0.272. The molecule has 82 valence electrons. The number of aromatic nitrogens is 2. The highest BCUT2D eigenvalue weighted by molar-refractivity contribution is 7.99. The van der Waals surface area contributed by atoms with Gasteiger partial charge in [-0.2, -0.15) is 4.98 Å². The standard InChI is InChI=1S/C10H16N4S/c11-8-6-9(14-10(12)13-8)15-7-4-2-1-3-5-7/h6-7H,1-5H2,(H4,11,12,13,14). The summed E-state index contributed by atoms with van der Waals surface area (Å²) in [4.78, 5) is 8.04. The van der Waals surface area contributed by atoms with Crippen molar-refractivity contribution in [3.8, 4) is 0 Å². The SMILES string of the molecule is Nc1cc(SC2CCCCC2)nc(N)n1. The summed E-state index contributed by atoms with van der Waals surface area (Å²) in [6, 6.07) is 1.80. The first-order valence-electron chi connectivity index (χ1n) is 5.31. The summed E-state index contributed by atoms with van der Waals surface area (Å²) in [7, 11) is 0. The molecule has 0 amide bonds. The Labute approximate surface area is 93.9 Å². The van der Waals surface area contributed by atoms with Gasteiger partial charge in [-0.15, -0.1) is 11.8 Å². The van der Waals surface area contributed by atoms with E-state index in [4.69, 9.17) is 11.5 Å². The lowest BCUT2D eigenvalue weighted by atomic mass is 10.0. The van der Waals surface area contributed by atoms with Crippen LogP contribution in [0, 0.1) is 0 Å². The van der Waals surface area contributed by atoms with Crippen LogP contribution >= 0.6 is 11.8 Å². The fraction of sp³-hybridized carbons (Fsp3) is 0.600. The third-order valence-electron chi connectivity index (χ3n) is 2.58. The molecular formula is C10H16N4S. The molecule has 1 aliphatic carbocycles. The van der Waals surface area contributed by atoms with Crippen LogP contribution in [0.25, 0.3) is 0 Å². The van der Waals surface area contributed by atoms with E-state index in [0.717, 1.165) is 5.03 Å².